The Hall–Kier alpha value is -2.80. The van der Waals surface area contributed by atoms with E-state index in [4.69, 9.17) is 0 Å². The van der Waals surface area contributed by atoms with Crippen molar-refractivity contribution in [2.75, 3.05) is 7.11 Å². The number of methoxy groups -OCH3 is 1. The Morgan fingerprint density at radius 3 is 2.58 bits per heavy atom. The molecule has 1 atom stereocenters. The molecule has 1 aromatic heterocycles. The van der Waals surface area contributed by atoms with Crippen LogP contribution in [0.3, 0.4) is 0 Å². The maximum Gasteiger partial charge on any atom is 0.328 e. The van der Waals surface area contributed by atoms with Crippen LogP contribution in [0.5, 0.6) is 0 Å². The number of carbonyl (C=O) groups excluding carboxylic acids is 3. The van der Waals surface area contributed by atoms with Crippen molar-refractivity contribution in [1.82, 2.24) is 9.47 Å². The molecule has 1 saturated heterocycles. The predicted octanol–water partition coefficient (Wildman–Crippen LogP) is 3.38. The van der Waals surface area contributed by atoms with E-state index < -0.39 is 23.2 Å². The summed E-state index contributed by atoms with van der Waals surface area (Å²) in [5.74, 6) is -1.11. The number of para-hydroxylation sites is 1. The molecule has 7 heteroatoms. The lowest BCUT2D eigenvalue weighted by atomic mass is 10.2. The van der Waals surface area contributed by atoms with Gasteiger partial charge in [-0.25, -0.2) is 4.79 Å². The van der Waals surface area contributed by atoms with E-state index in [0.29, 0.717) is 0 Å². The summed E-state index contributed by atoms with van der Waals surface area (Å²) in [6.45, 7) is 3.44. The summed E-state index contributed by atoms with van der Waals surface area (Å²) in [4.78, 5) is 37.6. The zero-order valence-corrected chi connectivity index (χ0v) is 15.4. The summed E-state index contributed by atoms with van der Waals surface area (Å²) < 4.78 is 6.63. The van der Waals surface area contributed by atoms with Crippen molar-refractivity contribution in [3.05, 3.63) is 58.8 Å². The Morgan fingerprint density at radius 1 is 1.23 bits per heavy atom. The topological polar surface area (TPSA) is 68.6 Å². The number of thioether (sulfide) groups is 1. The predicted molar refractivity (Wildman–Crippen MR) is 99.8 cm³/mol. The normalized spacial score (nSPS) is 17.0. The van der Waals surface area contributed by atoms with E-state index in [0.717, 1.165) is 33.6 Å². The van der Waals surface area contributed by atoms with Crippen molar-refractivity contribution in [2.24, 2.45) is 0 Å². The van der Waals surface area contributed by atoms with Crippen molar-refractivity contribution < 1.29 is 19.1 Å². The van der Waals surface area contributed by atoms with E-state index in [9.17, 15) is 14.4 Å². The van der Waals surface area contributed by atoms with Gasteiger partial charge in [-0.1, -0.05) is 18.2 Å². The quantitative estimate of drug-likeness (QED) is 0.610. The molecule has 0 aliphatic carbocycles. The van der Waals surface area contributed by atoms with Gasteiger partial charge >= 0.3 is 5.97 Å². The monoisotopic (exact) mass is 370 g/mol. The molecule has 0 spiro atoms. The number of carbonyl (C=O) groups is 3. The molecule has 6 nitrogen and oxygen atoms in total. The molecule has 2 heterocycles. The lowest BCUT2D eigenvalue weighted by Gasteiger charge is -2.18. The average Bonchev–Trinajstić information content (AvgIpc) is 3.14. The maximum absolute atomic E-state index is 12.5. The number of benzene rings is 1. The second-order valence-corrected chi connectivity index (χ2v) is 6.86. The first-order chi connectivity index (χ1) is 12.4. The molecule has 0 radical (unpaired) electrons. The van der Waals surface area contributed by atoms with Crippen LogP contribution in [0.25, 0.3) is 11.8 Å². The summed E-state index contributed by atoms with van der Waals surface area (Å²) in [7, 11) is 1.23. The highest BCUT2D eigenvalue weighted by Gasteiger charge is 2.41. The highest BCUT2D eigenvalue weighted by Crippen LogP contribution is 2.34. The molecule has 0 bridgehead atoms. The zero-order valence-electron chi connectivity index (χ0n) is 14.6. The lowest BCUT2D eigenvalue weighted by Crippen LogP contribution is -2.42. The van der Waals surface area contributed by atoms with Crippen LogP contribution < -0.4 is 0 Å². The van der Waals surface area contributed by atoms with Crippen molar-refractivity contribution in [1.29, 1.82) is 0 Å². The van der Waals surface area contributed by atoms with Crippen LogP contribution in [0.4, 0.5) is 4.79 Å². The minimum atomic E-state index is -0.950. The van der Waals surface area contributed by atoms with E-state index in [-0.39, 0.29) is 4.91 Å². The second-order valence-electron chi connectivity index (χ2n) is 5.87. The van der Waals surface area contributed by atoms with Gasteiger partial charge in [0.15, 0.2) is 0 Å². The van der Waals surface area contributed by atoms with Gasteiger partial charge in [-0.15, -0.1) is 0 Å². The fraction of sp³-hybridized carbons (Fsp3) is 0.211. The van der Waals surface area contributed by atoms with Gasteiger partial charge in [0.1, 0.15) is 6.04 Å². The minimum Gasteiger partial charge on any atom is -0.467 e. The summed E-state index contributed by atoms with van der Waals surface area (Å²) in [6, 6.07) is 10.8. The third kappa shape index (κ3) is 3.30. The first kappa shape index (κ1) is 18.0. The Bertz CT molecular complexity index is 902. The van der Waals surface area contributed by atoms with Crippen LogP contribution in [0, 0.1) is 6.92 Å². The largest absolute Gasteiger partial charge is 0.467 e. The first-order valence-electron chi connectivity index (χ1n) is 8.01. The second kappa shape index (κ2) is 7.21. The van der Waals surface area contributed by atoms with Gasteiger partial charge in [-0.2, -0.15) is 0 Å². The van der Waals surface area contributed by atoms with Crippen LogP contribution in [-0.4, -0.2) is 39.7 Å². The average molecular weight is 370 g/mol. The molecule has 2 amide bonds. The molecule has 0 saturated carbocycles. The molecular formula is C19H18N2O4S. The number of rotatable bonds is 4. The van der Waals surface area contributed by atoms with Gasteiger partial charge in [-0.3, -0.25) is 14.5 Å². The molecule has 2 aromatic rings. The van der Waals surface area contributed by atoms with Crippen LogP contribution in [0.15, 0.2) is 47.5 Å². The van der Waals surface area contributed by atoms with Gasteiger partial charge in [-0.05, 0) is 55.4 Å². The van der Waals surface area contributed by atoms with Crippen molar-refractivity contribution in [3.63, 3.8) is 0 Å². The number of amides is 2. The number of aryl methyl sites for hydroxylation is 1. The number of aromatic nitrogens is 1. The van der Waals surface area contributed by atoms with Crippen molar-refractivity contribution >= 4 is 35.0 Å². The van der Waals surface area contributed by atoms with Gasteiger partial charge in [0.05, 0.1) is 12.0 Å². The van der Waals surface area contributed by atoms with E-state index in [1.807, 2.05) is 54.1 Å². The van der Waals surface area contributed by atoms with E-state index in [2.05, 4.69) is 4.74 Å². The molecule has 0 N–H and O–H groups in total. The number of imide groups is 1. The Balaban J connectivity index is 1.89. The molecule has 1 fully saturated rings. The highest BCUT2D eigenvalue weighted by atomic mass is 32.2. The molecule has 1 aliphatic rings. The molecule has 134 valence electrons. The molecule has 1 aromatic carbocycles. The van der Waals surface area contributed by atoms with Crippen LogP contribution >= 0.6 is 11.8 Å². The zero-order chi connectivity index (χ0) is 18.8. The van der Waals surface area contributed by atoms with Gasteiger partial charge < -0.3 is 9.30 Å². The number of esters is 1. The van der Waals surface area contributed by atoms with E-state index >= 15 is 0 Å². The van der Waals surface area contributed by atoms with Gasteiger partial charge in [0.2, 0.25) is 0 Å². The molecule has 3 rings (SSSR count). The smallest absolute Gasteiger partial charge is 0.328 e. The van der Waals surface area contributed by atoms with E-state index in [1.165, 1.54) is 14.0 Å². The maximum atomic E-state index is 12.5. The first-order valence-corrected chi connectivity index (χ1v) is 8.83. The molecule has 1 aliphatic heterocycles. The molecule has 26 heavy (non-hydrogen) atoms. The fourth-order valence-electron chi connectivity index (χ4n) is 2.79. The Kier molecular flexibility index (Phi) is 4.99. The SMILES string of the molecule is COC(=O)C(C)N1C(=O)S/C(=C\c2cc(C)n(-c3ccccc3)c2)C1=O. The number of hydrogen-bond donors (Lipinski definition) is 0. The van der Waals surface area contributed by atoms with Gasteiger partial charge in [0, 0.05) is 17.6 Å². The highest BCUT2D eigenvalue weighted by molar-refractivity contribution is 8.18. The van der Waals surface area contributed by atoms with Crippen LogP contribution in [0.1, 0.15) is 18.2 Å². The van der Waals surface area contributed by atoms with Crippen LogP contribution in [-0.2, 0) is 14.3 Å². The number of hydrogen-bond acceptors (Lipinski definition) is 5. The minimum absolute atomic E-state index is 0.288. The summed E-state index contributed by atoms with van der Waals surface area (Å²) in [6.07, 6.45) is 3.57. The number of ether oxygens (including phenoxy) is 1. The fourth-order valence-corrected chi connectivity index (χ4v) is 3.69. The summed E-state index contributed by atoms with van der Waals surface area (Å²) >= 11 is 0.825. The molecule has 1 unspecified atom stereocenters. The van der Waals surface area contributed by atoms with Crippen LogP contribution in [0.2, 0.25) is 0 Å². The van der Waals surface area contributed by atoms with Crippen molar-refractivity contribution in [3.8, 4) is 5.69 Å². The Morgan fingerprint density at radius 2 is 1.92 bits per heavy atom. The third-order valence-corrected chi connectivity index (χ3v) is 5.00. The summed E-state index contributed by atoms with van der Waals surface area (Å²) in [5.41, 5.74) is 2.82. The summed E-state index contributed by atoms with van der Waals surface area (Å²) in [5, 5.41) is -0.474. The van der Waals surface area contributed by atoms with Gasteiger partial charge in [0.25, 0.3) is 11.1 Å². The van der Waals surface area contributed by atoms with Crippen molar-refractivity contribution in [2.45, 2.75) is 19.9 Å². The van der Waals surface area contributed by atoms with E-state index in [1.54, 1.807) is 6.08 Å². The number of nitrogens with zero attached hydrogens (tertiary/aromatic N) is 2. The third-order valence-electron chi connectivity index (χ3n) is 4.12. The molecular weight excluding hydrogens is 352 g/mol. The Labute approximate surface area is 155 Å². The lowest BCUT2D eigenvalue weighted by molar-refractivity contribution is -0.148. The standard InChI is InChI=1S/C19H18N2O4S/c1-12-9-14(11-20(12)15-7-5-4-6-8-15)10-16-17(22)21(19(24)26-16)13(2)18(23)25-3/h4-11,13H,1-3H3/b16-10-.